The SMILES string of the molecule is Cc1ccc(N/C=C(\C#N)C(=O)c2ccccc2OC(F)(F)F)cc1. The van der Waals surface area contributed by atoms with E-state index < -0.39 is 17.9 Å². The summed E-state index contributed by atoms with van der Waals surface area (Å²) in [7, 11) is 0. The molecule has 25 heavy (non-hydrogen) atoms. The number of allylic oxidation sites excluding steroid dienone is 1. The van der Waals surface area contributed by atoms with Crippen LogP contribution in [0.1, 0.15) is 15.9 Å². The highest BCUT2D eigenvalue weighted by Crippen LogP contribution is 2.27. The molecule has 4 nitrogen and oxygen atoms in total. The first-order chi connectivity index (χ1) is 11.8. The van der Waals surface area contributed by atoms with Crippen molar-refractivity contribution in [1.29, 1.82) is 5.26 Å². The third kappa shape index (κ3) is 5.11. The van der Waals surface area contributed by atoms with Crippen LogP contribution in [0.3, 0.4) is 0 Å². The minimum Gasteiger partial charge on any atom is -0.405 e. The average molecular weight is 346 g/mol. The molecule has 128 valence electrons. The molecule has 1 N–H and O–H groups in total. The molecule has 0 radical (unpaired) electrons. The number of hydrogen-bond acceptors (Lipinski definition) is 4. The van der Waals surface area contributed by atoms with Crippen LogP contribution in [0.25, 0.3) is 0 Å². The predicted octanol–water partition coefficient (Wildman–Crippen LogP) is 4.60. The summed E-state index contributed by atoms with van der Waals surface area (Å²) in [5.41, 5.74) is 0.965. The number of nitrogens with zero attached hydrogens (tertiary/aromatic N) is 1. The predicted molar refractivity (Wildman–Crippen MR) is 86.0 cm³/mol. The van der Waals surface area contributed by atoms with E-state index in [0.717, 1.165) is 17.8 Å². The Labute approximate surface area is 142 Å². The Morgan fingerprint density at radius 1 is 1.16 bits per heavy atom. The standard InChI is InChI=1S/C18H13F3N2O2/c1-12-6-8-14(9-7-12)23-11-13(10-22)17(24)15-4-2-3-5-16(15)25-18(19,20)21/h2-9,11,23H,1H3/b13-11+. The summed E-state index contributed by atoms with van der Waals surface area (Å²) < 4.78 is 41.2. The molecule has 2 aromatic rings. The molecular weight excluding hydrogens is 333 g/mol. The van der Waals surface area contributed by atoms with Gasteiger partial charge in [-0.25, -0.2) is 0 Å². The van der Waals surface area contributed by atoms with Crippen LogP contribution in [0.4, 0.5) is 18.9 Å². The Kier molecular flexibility index (Phi) is 5.45. The van der Waals surface area contributed by atoms with Gasteiger partial charge >= 0.3 is 6.36 Å². The van der Waals surface area contributed by atoms with Crippen LogP contribution in [-0.4, -0.2) is 12.1 Å². The van der Waals surface area contributed by atoms with E-state index in [0.29, 0.717) is 5.69 Å². The van der Waals surface area contributed by atoms with Crippen LogP contribution in [0.2, 0.25) is 0 Å². The van der Waals surface area contributed by atoms with Crippen molar-refractivity contribution in [3.63, 3.8) is 0 Å². The fraction of sp³-hybridized carbons (Fsp3) is 0.111. The first-order valence-corrected chi connectivity index (χ1v) is 7.13. The molecule has 0 fully saturated rings. The summed E-state index contributed by atoms with van der Waals surface area (Å²) >= 11 is 0. The first-order valence-electron chi connectivity index (χ1n) is 7.13. The Morgan fingerprint density at radius 2 is 1.80 bits per heavy atom. The number of halogens is 3. The Balaban J connectivity index is 2.27. The van der Waals surface area contributed by atoms with Crippen LogP contribution < -0.4 is 10.1 Å². The number of rotatable bonds is 5. The highest BCUT2D eigenvalue weighted by atomic mass is 19.4. The number of nitrogens with one attached hydrogen (secondary N) is 1. The number of nitriles is 1. The lowest BCUT2D eigenvalue weighted by atomic mass is 10.0. The summed E-state index contributed by atoms with van der Waals surface area (Å²) in [4.78, 5) is 12.4. The van der Waals surface area contributed by atoms with E-state index in [-0.39, 0.29) is 11.1 Å². The van der Waals surface area contributed by atoms with E-state index in [1.807, 2.05) is 19.1 Å². The van der Waals surface area contributed by atoms with Crippen molar-refractivity contribution in [2.75, 3.05) is 5.32 Å². The Bertz CT molecular complexity index is 835. The highest BCUT2D eigenvalue weighted by molar-refractivity contribution is 6.13. The number of hydrogen-bond donors (Lipinski definition) is 1. The molecule has 2 rings (SSSR count). The van der Waals surface area contributed by atoms with Gasteiger partial charge in [-0.2, -0.15) is 5.26 Å². The van der Waals surface area contributed by atoms with Gasteiger partial charge in [0, 0.05) is 11.9 Å². The maximum atomic E-state index is 12.4. The fourth-order valence-corrected chi connectivity index (χ4v) is 1.97. The van der Waals surface area contributed by atoms with Crippen LogP contribution in [0.5, 0.6) is 5.75 Å². The number of Topliss-reactive ketones (excluding diaryl/α,β-unsaturated/α-hetero) is 1. The second-order valence-corrected chi connectivity index (χ2v) is 5.05. The molecule has 0 saturated carbocycles. The summed E-state index contributed by atoms with van der Waals surface area (Å²) in [6, 6.07) is 13.7. The van der Waals surface area contributed by atoms with Crippen molar-refractivity contribution in [3.05, 3.63) is 71.4 Å². The molecule has 0 aliphatic carbocycles. The van der Waals surface area contributed by atoms with E-state index in [1.54, 1.807) is 18.2 Å². The van der Waals surface area contributed by atoms with Crippen LogP contribution in [0.15, 0.2) is 60.3 Å². The molecule has 0 bridgehead atoms. The summed E-state index contributed by atoms with van der Waals surface area (Å²) in [5, 5.41) is 11.9. The lowest BCUT2D eigenvalue weighted by Crippen LogP contribution is -2.19. The maximum Gasteiger partial charge on any atom is 0.573 e. The maximum absolute atomic E-state index is 12.4. The number of para-hydroxylation sites is 1. The zero-order valence-electron chi connectivity index (χ0n) is 13.1. The van der Waals surface area contributed by atoms with Crippen molar-refractivity contribution >= 4 is 11.5 Å². The normalized spacial score (nSPS) is 11.6. The number of carbonyl (C=O) groups excluding carboxylic acids is 1. The Hall–Kier alpha value is -3.27. The van der Waals surface area contributed by atoms with E-state index in [9.17, 15) is 18.0 Å². The number of anilines is 1. The van der Waals surface area contributed by atoms with Gasteiger partial charge in [0.2, 0.25) is 5.78 Å². The lowest BCUT2D eigenvalue weighted by molar-refractivity contribution is -0.274. The van der Waals surface area contributed by atoms with Gasteiger partial charge in [-0.1, -0.05) is 29.8 Å². The molecule has 0 spiro atoms. The number of alkyl halides is 3. The van der Waals surface area contributed by atoms with E-state index in [4.69, 9.17) is 5.26 Å². The van der Waals surface area contributed by atoms with Crippen molar-refractivity contribution in [1.82, 2.24) is 0 Å². The van der Waals surface area contributed by atoms with Crippen molar-refractivity contribution in [2.45, 2.75) is 13.3 Å². The second kappa shape index (κ2) is 7.53. The number of carbonyl (C=O) groups is 1. The van der Waals surface area contributed by atoms with Crippen molar-refractivity contribution < 1.29 is 22.7 Å². The number of aryl methyl sites for hydroxylation is 1. The second-order valence-electron chi connectivity index (χ2n) is 5.05. The van der Waals surface area contributed by atoms with E-state index in [2.05, 4.69) is 10.1 Å². The molecule has 0 amide bonds. The van der Waals surface area contributed by atoms with E-state index in [1.165, 1.54) is 18.2 Å². The smallest absolute Gasteiger partial charge is 0.405 e. The summed E-state index contributed by atoms with van der Waals surface area (Å²) in [6.45, 7) is 1.90. The van der Waals surface area contributed by atoms with Crippen LogP contribution >= 0.6 is 0 Å². The van der Waals surface area contributed by atoms with Crippen LogP contribution in [-0.2, 0) is 0 Å². The van der Waals surface area contributed by atoms with Gasteiger partial charge in [-0.3, -0.25) is 4.79 Å². The quantitative estimate of drug-likeness (QED) is 0.488. The topological polar surface area (TPSA) is 62.1 Å². The minimum absolute atomic E-state index is 0.348. The third-order valence-electron chi connectivity index (χ3n) is 3.16. The molecule has 0 saturated heterocycles. The summed E-state index contributed by atoms with van der Waals surface area (Å²) in [6.07, 6.45) is -3.79. The minimum atomic E-state index is -4.94. The molecule has 0 atom stereocenters. The van der Waals surface area contributed by atoms with Crippen LogP contribution in [0, 0.1) is 18.3 Å². The molecule has 0 aromatic heterocycles. The Morgan fingerprint density at radius 3 is 2.40 bits per heavy atom. The fourth-order valence-electron chi connectivity index (χ4n) is 1.97. The number of ketones is 1. The average Bonchev–Trinajstić information content (AvgIpc) is 2.56. The molecule has 0 aliphatic rings. The molecule has 0 heterocycles. The van der Waals surface area contributed by atoms with Crippen molar-refractivity contribution in [3.8, 4) is 11.8 Å². The van der Waals surface area contributed by atoms with Gasteiger partial charge in [-0.15, -0.1) is 13.2 Å². The zero-order chi connectivity index (χ0) is 18.4. The van der Waals surface area contributed by atoms with Gasteiger partial charge in [-0.05, 0) is 31.2 Å². The summed E-state index contributed by atoms with van der Waals surface area (Å²) in [5.74, 6) is -1.53. The first kappa shape index (κ1) is 18.1. The third-order valence-corrected chi connectivity index (χ3v) is 3.16. The molecule has 7 heteroatoms. The van der Waals surface area contributed by atoms with Gasteiger partial charge < -0.3 is 10.1 Å². The van der Waals surface area contributed by atoms with Gasteiger partial charge in [0.1, 0.15) is 17.4 Å². The zero-order valence-corrected chi connectivity index (χ0v) is 13.1. The molecule has 0 aliphatic heterocycles. The van der Waals surface area contributed by atoms with E-state index >= 15 is 0 Å². The molecule has 0 unspecified atom stereocenters. The van der Waals surface area contributed by atoms with Gasteiger partial charge in [0.05, 0.1) is 5.56 Å². The van der Waals surface area contributed by atoms with Gasteiger partial charge in [0.15, 0.2) is 0 Å². The molecular formula is C18H13F3N2O2. The number of benzene rings is 2. The highest BCUT2D eigenvalue weighted by Gasteiger charge is 2.33. The monoisotopic (exact) mass is 346 g/mol. The largest absolute Gasteiger partial charge is 0.573 e. The number of ether oxygens (including phenoxy) is 1. The lowest BCUT2D eigenvalue weighted by Gasteiger charge is -2.12. The van der Waals surface area contributed by atoms with Crippen molar-refractivity contribution in [2.24, 2.45) is 0 Å². The molecule has 2 aromatic carbocycles. The van der Waals surface area contributed by atoms with Gasteiger partial charge in [0.25, 0.3) is 0 Å².